The Kier molecular flexibility index (Phi) is 5.22. The number of rotatable bonds is 4. The van der Waals surface area contributed by atoms with E-state index in [0.717, 1.165) is 11.5 Å². The molecule has 0 bridgehead atoms. The van der Waals surface area contributed by atoms with Crippen LogP contribution in [0.15, 0.2) is 30.3 Å². The van der Waals surface area contributed by atoms with Crippen LogP contribution in [0.25, 0.3) is 0 Å². The van der Waals surface area contributed by atoms with Gasteiger partial charge in [-0.25, -0.2) is 0 Å². The third kappa shape index (κ3) is 4.32. The van der Waals surface area contributed by atoms with Gasteiger partial charge in [-0.3, -0.25) is 0 Å². The molecule has 1 atom stereocenters. The van der Waals surface area contributed by atoms with Gasteiger partial charge in [0, 0.05) is 12.6 Å². The lowest BCUT2D eigenvalue weighted by Gasteiger charge is -2.37. The van der Waals surface area contributed by atoms with Crippen molar-refractivity contribution in [2.24, 2.45) is 11.3 Å². The smallest absolute Gasteiger partial charge is 0.0914 e. The van der Waals surface area contributed by atoms with Gasteiger partial charge in [-0.2, -0.15) is 0 Å². The van der Waals surface area contributed by atoms with E-state index in [-0.39, 0.29) is 0 Å². The maximum Gasteiger partial charge on any atom is 0.0914 e. The fourth-order valence-electron chi connectivity index (χ4n) is 3.23. The lowest BCUT2D eigenvalue weighted by molar-refractivity contribution is 0.139. The summed E-state index contributed by atoms with van der Waals surface area (Å²) in [4.78, 5) is 0. The van der Waals surface area contributed by atoms with Gasteiger partial charge in [0.1, 0.15) is 0 Å². The molecule has 2 rings (SSSR count). The Morgan fingerprint density at radius 3 is 2.25 bits per heavy atom. The zero-order valence-corrected chi connectivity index (χ0v) is 13.1. The van der Waals surface area contributed by atoms with E-state index in [1.807, 2.05) is 30.3 Å². The third-order valence-corrected chi connectivity index (χ3v) is 4.74. The molecule has 2 nitrogen and oxygen atoms in total. The monoisotopic (exact) mass is 275 g/mol. The van der Waals surface area contributed by atoms with Crippen molar-refractivity contribution in [2.75, 3.05) is 6.54 Å². The van der Waals surface area contributed by atoms with Crippen LogP contribution in [0.2, 0.25) is 0 Å². The van der Waals surface area contributed by atoms with E-state index in [2.05, 4.69) is 26.1 Å². The Morgan fingerprint density at radius 1 is 1.10 bits per heavy atom. The Morgan fingerprint density at radius 2 is 1.70 bits per heavy atom. The van der Waals surface area contributed by atoms with Gasteiger partial charge in [0.15, 0.2) is 0 Å². The summed E-state index contributed by atoms with van der Waals surface area (Å²) in [6.07, 6.45) is 4.70. The van der Waals surface area contributed by atoms with Gasteiger partial charge in [0.05, 0.1) is 6.10 Å². The molecule has 1 fully saturated rings. The summed E-state index contributed by atoms with van der Waals surface area (Å²) in [5.74, 6) is 0.847. The summed E-state index contributed by atoms with van der Waals surface area (Å²) >= 11 is 0. The third-order valence-electron chi connectivity index (χ3n) is 4.74. The second-order valence-corrected chi connectivity index (χ2v) is 7.25. The summed E-state index contributed by atoms with van der Waals surface area (Å²) in [6.45, 7) is 7.72. The summed E-state index contributed by atoms with van der Waals surface area (Å²) in [5, 5.41) is 13.7. The first-order valence-electron chi connectivity index (χ1n) is 7.93. The van der Waals surface area contributed by atoms with Crippen molar-refractivity contribution in [1.82, 2.24) is 5.32 Å². The molecule has 0 amide bonds. The molecular weight excluding hydrogens is 246 g/mol. The van der Waals surface area contributed by atoms with Crippen molar-refractivity contribution in [3.05, 3.63) is 35.9 Å². The molecule has 1 aliphatic carbocycles. The average molecular weight is 275 g/mol. The zero-order valence-electron chi connectivity index (χ0n) is 13.1. The molecule has 0 heterocycles. The van der Waals surface area contributed by atoms with Gasteiger partial charge < -0.3 is 10.4 Å². The summed E-state index contributed by atoms with van der Waals surface area (Å²) < 4.78 is 0. The minimum atomic E-state index is -0.392. The van der Waals surface area contributed by atoms with Crippen LogP contribution in [0.3, 0.4) is 0 Å². The lowest BCUT2D eigenvalue weighted by Crippen LogP contribution is -2.38. The summed E-state index contributed by atoms with van der Waals surface area (Å²) in [7, 11) is 0. The summed E-state index contributed by atoms with van der Waals surface area (Å²) in [6, 6.07) is 10.5. The van der Waals surface area contributed by atoms with E-state index >= 15 is 0 Å². The van der Waals surface area contributed by atoms with Gasteiger partial charge in [0.2, 0.25) is 0 Å². The Hall–Kier alpha value is -0.860. The largest absolute Gasteiger partial charge is 0.387 e. The molecule has 1 aromatic rings. The molecule has 0 aromatic heterocycles. The fourth-order valence-corrected chi connectivity index (χ4v) is 3.23. The second-order valence-electron chi connectivity index (χ2n) is 7.25. The Bertz CT molecular complexity index is 388. The van der Waals surface area contributed by atoms with Gasteiger partial charge in [-0.05, 0) is 42.6 Å². The average Bonchev–Trinajstić information content (AvgIpc) is 2.45. The standard InChI is InChI=1S/C18H29NO/c1-18(2,3)15-9-11-16(12-10-15)19-13-17(20)14-7-5-4-6-8-14/h4-8,15-17,19-20H,9-13H2,1-3H3. The fraction of sp³-hybridized carbons (Fsp3) is 0.667. The highest BCUT2D eigenvalue weighted by atomic mass is 16.3. The number of aliphatic hydroxyl groups is 1. The molecule has 2 heteroatoms. The van der Waals surface area contributed by atoms with Crippen LogP contribution in [0.4, 0.5) is 0 Å². The molecule has 112 valence electrons. The molecule has 0 radical (unpaired) electrons. The maximum atomic E-state index is 10.2. The molecule has 0 saturated heterocycles. The van der Waals surface area contributed by atoms with Gasteiger partial charge >= 0.3 is 0 Å². The quantitative estimate of drug-likeness (QED) is 0.873. The topological polar surface area (TPSA) is 32.3 Å². The Balaban J connectivity index is 1.74. The number of hydrogen-bond donors (Lipinski definition) is 2. The minimum absolute atomic E-state index is 0.392. The predicted octanol–water partition coefficient (Wildman–Crippen LogP) is 3.91. The van der Waals surface area contributed by atoms with Crippen LogP contribution in [0.1, 0.15) is 58.1 Å². The van der Waals surface area contributed by atoms with E-state index in [9.17, 15) is 5.11 Å². The van der Waals surface area contributed by atoms with E-state index in [4.69, 9.17) is 0 Å². The van der Waals surface area contributed by atoms with Gasteiger partial charge in [-0.15, -0.1) is 0 Å². The highest BCUT2D eigenvalue weighted by molar-refractivity contribution is 5.17. The number of benzene rings is 1. The Labute approximate surface area is 123 Å². The molecular formula is C18H29NO. The van der Waals surface area contributed by atoms with Crippen molar-refractivity contribution in [2.45, 2.75) is 58.6 Å². The zero-order chi connectivity index (χ0) is 14.6. The molecule has 0 spiro atoms. The predicted molar refractivity (Wildman–Crippen MR) is 84.6 cm³/mol. The molecule has 0 aliphatic heterocycles. The highest BCUT2D eigenvalue weighted by Crippen LogP contribution is 2.37. The second kappa shape index (κ2) is 6.73. The lowest BCUT2D eigenvalue weighted by atomic mass is 9.71. The van der Waals surface area contributed by atoms with E-state index in [1.165, 1.54) is 25.7 Å². The first kappa shape index (κ1) is 15.5. The normalized spacial score (nSPS) is 25.4. The van der Waals surface area contributed by atoms with Crippen molar-refractivity contribution >= 4 is 0 Å². The van der Waals surface area contributed by atoms with Crippen LogP contribution in [-0.2, 0) is 0 Å². The number of aliphatic hydroxyl groups excluding tert-OH is 1. The first-order valence-corrected chi connectivity index (χ1v) is 7.93. The van der Waals surface area contributed by atoms with Gasteiger partial charge in [-0.1, -0.05) is 51.1 Å². The molecule has 2 N–H and O–H groups in total. The van der Waals surface area contributed by atoms with Crippen LogP contribution >= 0.6 is 0 Å². The maximum absolute atomic E-state index is 10.2. The molecule has 20 heavy (non-hydrogen) atoms. The van der Waals surface area contributed by atoms with Crippen molar-refractivity contribution < 1.29 is 5.11 Å². The first-order chi connectivity index (χ1) is 9.47. The van der Waals surface area contributed by atoms with E-state index < -0.39 is 6.10 Å². The summed E-state index contributed by atoms with van der Waals surface area (Å²) in [5.41, 5.74) is 1.44. The van der Waals surface area contributed by atoms with Crippen molar-refractivity contribution in [1.29, 1.82) is 0 Å². The number of nitrogens with one attached hydrogen (secondary N) is 1. The van der Waals surface area contributed by atoms with Crippen LogP contribution in [0, 0.1) is 11.3 Å². The molecule has 1 unspecified atom stereocenters. The minimum Gasteiger partial charge on any atom is -0.387 e. The van der Waals surface area contributed by atoms with E-state index in [1.54, 1.807) is 0 Å². The SMILES string of the molecule is CC(C)(C)C1CCC(NCC(O)c2ccccc2)CC1. The van der Waals surface area contributed by atoms with Crippen LogP contribution in [0.5, 0.6) is 0 Å². The van der Waals surface area contributed by atoms with E-state index in [0.29, 0.717) is 18.0 Å². The number of hydrogen-bond acceptors (Lipinski definition) is 2. The molecule has 1 aliphatic rings. The van der Waals surface area contributed by atoms with Gasteiger partial charge in [0.25, 0.3) is 0 Å². The highest BCUT2D eigenvalue weighted by Gasteiger charge is 2.29. The van der Waals surface area contributed by atoms with Crippen molar-refractivity contribution in [3.63, 3.8) is 0 Å². The van der Waals surface area contributed by atoms with Crippen molar-refractivity contribution in [3.8, 4) is 0 Å². The van der Waals surface area contributed by atoms with Crippen LogP contribution < -0.4 is 5.32 Å². The van der Waals surface area contributed by atoms with Crippen LogP contribution in [-0.4, -0.2) is 17.7 Å². The molecule has 1 aromatic carbocycles. The molecule has 1 saturated carbocycles.